The van der Waals surface area contributed by atoms with Crippen LogP contribution in [0.15, 0.2) is 30.5 Å². The second kappa shape index (κ2) is 9.10. The molecule has 1 aliphatic heterocycles. The van der Waals surface area contributed by atoms with Gasteiger partial charge in [0.15, 0.2) is 5.82 Å². The zero-order valence-corrected chi connectivity index (χ0v) is 18.1. The molecule has 2 heterocycles. The number of benzene rings is 1. The van der Waals surface area contributed by atoms with Crippen LogP contribution in [0.25, 0.3) is 4.85 Å². The highest BCUT2D eigenvalue weighted by Crippen LogP contribution is 2.34. The summed E-state index contributed by atoms with van der Waals surface area (Å²) in [6.45, 7) is 10.7. The highest BCUT2D eigenvalue weighted by atomic mass is 16.2. The molecule has 1 aromatic heterocycles. The minimum absolute atomic E-state index is 0.0147. The molecule has 0 radical (unpaired) electrons. The summed E-state index contributed by atoms with van der Waals surface area (Å²) in [5.41, 5.74) is 13.3. The number of primary amides is 1. The van der Waals surface area contributed by atoms with Gasteiger partial charge in [0.25, 0.3) is 5.91 Å². The van der Waals surface area contributed by atoms with Crippen molar-refractivity contribution in [3.63, 3.8) is 0 Å². The molecular formula is C23H29N7O2. The van der Waals surface area contributed by atoms with Crippen LogP contribution >= 0.6 is 0 Å². The molecule has 1 aromatic carbocycles. The van der Waals surface area contributed by atoms with Gasteiger partial charge in [0.05, 0.1) is 0 Å². The van der Waals surface area contributed by atoms with Gasteiger partial charge in [-0.1, -0.05) is 24.3 Å². The van der Waals surface area contributed by atoms with Crippen molar-refractivity contribution in [2.45, 2.75) is 44.3 Å². The minimum atomic E-state index is -0.641. The Bertz CT molecular complexity index is 1040. The Morgan fingerprint density at radius 2 is 1.97 bits per heavy atom. The number of nitrogens with two attached hydrogens (primary N) is 2. The van der Waals surface area contributed by atoms with Crippen LogP contribution in [0.2, 0.25) is 0 Å². The van der Waals surface area contributed by atoms with Crippen LogP contribution in [0.3, 0.4) is 0 Å². The third-order valence-electron chi connectivity index (χ3n) is 6.45. The molecule has 168 valence electrons. The van der Waals surface area contributed by atoms with Crippen LogP contribution in [-0.4, -0.2) is 46.1 Å². The predicted molar refractivity (Wildman–Crippen MR) is 120 cm³/mol. The van der Waals surface area contributed by atoms with Crippen molar-refractivity contribution in [2.75, 3.05) is 25.0 Å². The van der Waals surface area contributed by atoms with E-state index in [0.717, 1.165) is 38.0 Å². The molecule has 2 fully saturated rings. The van der Waals surface area contributed by atoms with Crippen LogP contribution < -0.4 is 16.8 Å². The molecule has 2 amide bonds. The van der Waals surface area contributed by atoms with Crippen molar-refractivity contribution in [1.29, 1.82) is 0 Å². The highest BCUT2D eigenvalue weighted by Gasteiger charge is 2.41. The van der Waals surface area contributed by atoms with Gasteiger partial charge in [0.2, 0.25) is 12.5 Å². The summed E-state index contributed by atoms with van der Waals surface area (Å²) in [6, 6.07) is 8.27. The maximum absolute atomic E-state index is 12.2. The molecule has 1 saturated carbocycles. The number of carbonyl (C=O) groups is 2. The van der Waals surface area contributed by atoms with E-state index in [9.17, 15) is 9.59 Å². The number of hydrogen-bond donors (Lipinski definition) is 3. The fourth-order valence-electron chi connectivity index (χ4n) is 4.30. The lowest BCUT2D eigenvalue weighted by Crippen LogP contribution is -2.48. The van der Waals surface area contributed by atoms with Gasteiger partial charge in [-0.3, -0.25) is 19.2 Å². The SMILES string of the molecule is [C-]#[N+]CC1(n2cc(C(N)=O)c(NC(=O)C3CC3)n2)CCN(Cc2cccc(CN)c2)CC1. The lowest BCUT2D eigenvalue weighted by molar-refractivity contribution is -0.117. The summed E-state index contributed by atoms with van der Waals surface area (Å²) in [6.07, 6.45) is 4.72. The van der Waals surface area contributed by atoms with Crippen molar-refractivity contribution in [1.82, 2.24) is 14.7 Å². The Morgan fingerprint density at radius 1 is 1.25 bits per heavy atom. The molecule has 0 unspecified atom stereocenters. The van der Waals surface area contributed by atoms with E-state index in [2.05, 4.69) is 32.3 Å². The Morgan fingerprint density at radius 3 is 2.59 bits per heavy atom. The molecule has 2 aliphatic rings. The predicted octanol–water partition coefficient (Wildman–Crippen LogP) is 1.70. The first-order valence-corrected chi connectivity index (χ1v) is 11.0. The molecular weight excluding hydrogens is 406 g/mol. The van der Waals surface area contributed by atoms with Crippen molar-refractivity contribution in [2.24, 2.45) is 17.4 Å². The molecule has 0 atom stereocenters. The highest BCUT2D eigenvalue weighted by molar-refractivity contribution is 6.02. The topological polar surface area (TPSA) is 124 Å². The fraction of sp³-hybridized carbons (Fsp3) is 0.478. The summed E-state index contributed by atoms with van der Waals surface area (Å²) in [5, 5.41) is 7.29. The van der Waals surface area contributed by atoms with Crippen LogP contribution in [0.5, 0.6) is 0 Å². The number of carbonyl (C=O) groups excluding carboxylic acids is 2. The normalized spacial score (nSPS) is 18.1. The molecule has 1 saturated heterocycles. The fourth-order valence-corrected chi connectivity index (χ4v) is 4.30. The number of piperidine rings is 1. The number of aromatic nitrogens is 2. The van der Waals surface area contributed by atoms with Crippen molar-refractivity contribution >= 4 is 17.6 Å². The van der Waals surface area contributed by atoms with Crippen LogP contribution in [-0.2, 0) is 23.4 Å². The van der Waals surface area contributed by atoms with Gasteiger partial charge in [-0.05, 0) is 36.8 Å². The number of anilines is 1. The molecule has 32 heavy (non-hydrogen) atoms. The van der Waals surface area contributed by atoms with Gasteiger partial charge in [-0.2, -0.15) is 5.10 Å². The first-order chi connectivity index (χ1) is 15.4. The zero-order chi connectivity index (χ0) is 22.7. The van der Waals surface area contributed by atoms with Gasteiger partial charge < -0.3 is 21.6 Å². The van der Waals surface area contributed by atoms with Gasteiger partial charge in [-0.15, -0.1) is 0 Å². The number of rotatable bonds is 8. The second-order valence-electron chi connectivity index (χ2n) is 8.80. The second-order valence-corrected chi connectivity index (χ2v) is 8.80. The molecule has 4 rings (SSSR count). The van der Waals surface area contributed by atoms with E-state index >= 15 is 0 Å². The van der Waals surface area contributed by atoms with E-state index in [-0.39, 0.29) is 29.8 Å². The number of likely N-dealkylation sites (tertiary alicyclic amines) is 1. The first-order valence-electron chi connectivity index (χ1n) is 11.0. The average molecular weight is 436 g/mol. The van der Waals surface area contributed by atoms with Crippen molar-refractivity contribution in [3.8, 4) is 0 Å². The van der Waals surface area contributed by atoms with E-state index in [0.29, 0.717) is 19.4 Å². The largest absolute Gasteiger partial charge is 0.365 e. The summed E-state index contributed by atoms with van der Waals surface area (Å²) in [7, 11) is 0. The molecule has 5 N–H and O–H groups in total. The molecule has 0 spiro atoms. The van der Waals surface area contributed by atoms with Crippen molar-refractivity contribution in [3.05, 3.63) is 58.6 Å². The van der Waals surface area contributed by atoms with E-state index in [1.165, 1.54) is 5.56 Å². The lowest BCUT2D eigenvalue weighted by Gasteiger charge is -2.38. The maximum atomic E-state index is 12.2. The van der Waals surface area contributed by atoms with E-state index in [4.69, 9.17) is 18.0 Å². The van der Waals surface area contributed by atoms with Gasteiger partial charge >= 0.3 is 0 Å². The van der Waals surface area contributed by atoms with E-state index in [1.54, 1.807) is 10.9 Å². The van der Waals surface area contributed by atoms with Crippen LogP contribution in [0, 0.1) is 12.5 Å². The van der Waals surface area contributed by atoms with E-state index < -0.39 is 11.4 Å². The molecule has 9 nitrogen and oxygen atoms in total. The van der Waals surface area contributed by atoms with Gasteiger partial charge in [0, 0.05) is 38.3 Å². The monoisotopic (exact) mass is 435 g/mol. The van der Waals surface area contributed by atoms with Crippen LogP contribution in [0.4, 0.5) is 5.82 Å². The third kappa shape index (κ3) is 4.66. The Kier molecular flexibility index (Phi) is 6.26. The standard InChI is InChI=1S/C23H29N7O2/c1-26-15-23(7-9-29(10-8-23)13-17-4-2-3-16(11-17)12-24)30-14-19(20(25)31)21(28-30)27-22(32)18-5-6-18/h2-4,11,14,18H,5-10,12-13,15,24H2,(H2,25,31)(H,27,28,32). The Balaban J connectivity index is 1.51. The third-order valence-corrected chi connectivity index (χ3v) is 6.45. The molecule has 1 aliphatic carbocycles. The number of amides is 2. The van der Waals surface area contributed by atoms with Crippen LogP contribution in [0.1, 0.15) is 47.2 Å². The zero-order valence-electron chi connectivity index (χ0n) is 18.1. The number of nitrogens with one attached hydrogen (secondary N) is 1. The average Bonchev–Trinajstić information content (AvgIpc) is 3.55. The smallest absolute Gasteiger partial charge is 0.254 e. The quantitative estimate of drug-likeness (QED) is 0.545. The van der Waals surface area contributed by atoms with Gasteiger partial charge in [0.1, 0.15) is 11.1 Å². The lowest BCUT2D eigenvalue weighted by atomic mass is 9.87. The number of nitrogens with zero attached hydrogens (tertiary/aromatic N) is 4. The summed E-state index contributed by atoms with van der Waals surface area (Å²) >= 11 is 0. The van der Waals surface area contributed by atoms with Gasteiger partial charge in [-0.25, -0.2) is 6.57 Å². The maximum Gasteiger partial charge on any atom is 0.254 e. The molecule has 9 heteroatoms. The Labute approximate surface area is 187 Å². The minimum Gasteiger partial charge on any atom is -0.365 e. The number of hydrogen-bond acceptors (Lipinski definition) is 5. The summed E-state index contributed by atoms with van der Waals surface area (Å²) in [5.74, 6) is -0.595. The molecule has 2 aromatic rings. The molecule has 0 bridgehead atoms. The van der Waals surface area contributed by atoms with Crippen molar-refractivity contribution < 1.29 is 9.59 Å². The van der Waals surface area contributed by atoms with E-state index in [1.807, 2.05) is 12.1 Å². The summed E-state index contributed by atoms with van der Waals surface area (Å²) < 4.78 is 1.69. The first kappa shape index (κ1) is 22.0. The summed E-state index contributed by atoms with van der Waals surface area (Å²) in [4.78, 5) is 30.3. The Hall–Kier alpha value is -3.22.